The number of rotatable bonds is 3. The monoisotopic (exact) mass is 166 g/mol. The predicted octanol–water partition coefficient (Wildman–Crippen LogP) is 2.05. The van der Waals surface area contributed by atoms with E-state index in [0.717, 1.165) is 18.4 Å². The van der Waals surface area contributed by atoms with E-state index in [1.54, 1.807) is 6.26 Å². The Morgan fingerprint density at radius 2 is 2.42 bits per heavy atom. The number of carbonyl (C=O) groups is 1. The molecule has 2 heteroatoms. The van der Waals surface area contributed by atoms with Gasteiger partial charge in [-0.3, -0.25) is 4.79 Å². The van der Waals surface area contributed by atoms with Crippen LogP contribution >= 0.6 is 0 Å². The smallest absolute Gasteiger partial charge is 0.162 e. The lowest BCUT2D eigenvalue weighted by atomic mass is 9.81. The molecule has 1 aliphatic heterocycles. The molecule has 0 saturated heterocycles. The number of hydrogen-bond donors (Lipinski definition) is 0. The van der Waals surface area contributed by atoms with Gasteiger partial charge in [0.05, 0.1) is 12.9 Å². The maximum atomic E-state index is 11.5. The van der Waals surface area contributed by atoms with Crippen molar-refractivity contribution in [3.05, 3.63) is 11.8 Å². The molecule has 0 aromatic rings. The molecule has 0 unspecified atom stereocenters. The van der Waals surface area contributed by atoms with Crippen LogP contribution in [0.25, 0.3) is 0 Å². The van der Waals surface area contributed by atoms with Gasteiger partial charge in [0.15, 0.2) is 5.78 Å². The summed E-state index contributed by atoms with van der Waals surface area (Å²) in [6.45, 7) is 0.700. The van der Waals surface area contributed by atoms with Crippen LogP contribution in [0.4, 0.5) is 0 Å². The first-order chi connectivity index (χ1) is 5.86. The highest BCUT2D eigenvalue weighted by Crippen LogP contribution is 2.31. The van der Waals surface area contributed by atoms with Crippen LogP contribution in [0, 0.1) is 5.92 Å². The Morgan fingerprint density at radius 3 is 2.92 bits per heavy atom. The topological polar surface area (TPSA) is 26.3 Å². The fourth-order valence-electron chi connectivity index (χ4n) is 1.68. The molecule has 0 aromatic heterocycles. The number of Topliss-reactive ketones (excluding diaryl/α,β-unsaturated/α-hetero) is 1. The first kappa shape index (κ1) is 7.84. The summed E-state index contributed by atoms with van der Waals surface area (Å²) in [4.78, 5) is 11.5. The van der Waals surface area contributed by atoms with Crippen molar-refractivity contribution in [2.45, 2.75) is 32.1 Å². The highest BCUT2D eigenvalue weighted by atomic mass is 16.5. The van der Waals surface area contributed by atoms with E-state index in [-0.39, 0.29) is 0 Å². The van der Waals surface area contributed by atoms with Gasteiger partial charge in [-0.25, -0.2) is 0 Å². The summed E-state index contributed by atoms with van der Waals surface area (Å²) < 4.78 is 5.03. The average Bonchev–Trinajstić information content (AvgIpc) is 2.47. The highest BCUT2D eigenvalue weighted by Gasteiger charge is 2.23. The molecule has 12 heavy (non-hydrogen) atoms. The Labute approximate surface area is 72.6 Å². The van der Waals surface area contributed by atoms with E-state index in [0.29, 0.717) is 18.3 Å². The third-order valence-electron chi connectivity index (χ3n) is 2.77. The van der Waals surface area contributed by atoms with Gasteiger partial charge in [0, 0.05) is 18.4 Å². The number of ketones is 1. The molecule has 0 atom stereocenters. The molecule has 2 nitrogen and oxygen atoms in total. The van der Waals surface area contributed by atoms with Crippen LogP contribution in [0.5, 0.6) is 0 Å². The Balaban J connectivity index is 1.82. The first-order valence-electron chi connectivity index (χ1n) is 4.70. The summed E-state index contributed by atoms with van der Waals surface area (Å²) in [5, 5.41) is 0. The zero-order chi connectivity index (χ0) is 8.39. The zero-order valence-corrected chi connectivity index (χ0v) is 7.21. The molecular formula is C10H14O2. The standard InChI is InChI=1S/C10H14O2/c11-10(6-8-2-1-3-8)9-4-5-12-7-9/h7-8H,1-6H2. The zero-order valence-electron chi connectivity index (χ0n) is 7.21. The molecule has 1 aliphatic carbocycles. The maximum Gasteiger partial charge on any atom is 0.162 e. The molecule has 66 valence electrons. The third kappa shape index (κ3) is 1.52. The number of carbonyl (C=O) groups excluding carboxylic acids is 1. The van der Waals surface area contributed by atoms with Crippen molar-refractivity contribution in [3.8, 4) is 0 Å². The Bertz CT molecular complexity index is 214. The lowest BCUT2D eigenvalue weighted by Gasteiger charge is -2.24. The minimum absolute atomic E-state index is 0.317. The van der Waals surface area contributed by atoms with Crippen LogP contribution in [0.15, 0.2) is 11.8 Å². The van der Waals surface area contributed by atoms with Gasteiger partial charge in [0.25, 0.3) is 0 Å². The Hall–Kier alpha value is -0.790. The van der Waals surface area contributed by atoms with Gasteiger partial charge in [-0.15, -0.1) is 0 Å². The fraction of sp³-hybridized carbons (Fsp3) is 0.700. The summed E-state index contributed by atoms with van der Waals surface area (Å²) in [6, 6.07) is 0. The van der Waals surface area contributed by atoms with Gasteiger partial charge in [-0.2, -0.15) is 0 Å². The van der Waals surface area contributed by atoms with Crippen molar-refractivity contribution < 1.29 is 9.53 Å². The second kappa shape index (κ2) is 3.30. The van der Waals surface area contributed by atoms with Gasteiger partial charge in [-0.1, -0.05) is 19.3 Å². The van der Waals surface area contributed by atoms with E-state index >= 15 is 0 Å². The molecule has 2 aliphatic rings. The first-order valence-corrected chi connectivity index (χ1v) is 4.70. The minimum atomic E-state index is 0.317. The second-order valence-electron chi connectivity index (χ2n) is 3.69. The van der Waals surface area contributed by atoms with Crippen LogP contribution in [0.3, 0.4) is 0 Å². The van der Waals surface area contributed by atoms with Crippen molar-refractivity contribution >= 4 is 5.78 Å². The molecule has 0 N–H and O–H groups in total. The van der Waals surface area contributed by atoms with Crippen molar-refractivity contribution in [2.24, 2.45) is 5.92 Å². The van der Waals surface area contributed by atoms with Crippen molar-refractivity contribution in [1.82, 2.24) is 0 Å². The van der Waals surface area contributed by atoms with Gasteiger partial charge in [0.1, 0.15) is 0 Å². The van der Waals surface area contributed by atoms with E-state index in [2.05, 4.69) is 0 Å². The van der Waals surface area contributed by atoms with Crippen LogP contribution in [0.2, 0.25) is 0 Å². The molecule has 1 heterocycles. The van der Waals surface area contributed by atoms with E-state index in [1.165, 1.54) is 19.3 Å². The van der Waals surface area contributed by atoms with Crippen LogP contribution in [0.1, 0.15) is 32.1 Å². The number of hydrogen-bond acceptors (Lipinski definition) is 2. The molecule has 0 bridgehead atoms. The molecule has 1 saturated carbocycles. The summed E-state index contributed by atoms with van der Waals surface area (Å²) in [7, 11) is 0. The van der Waals surface area contributed by atoms with Crippen molar-refractivity contribution in [2.75, 3.05) is 6.61 Å². The van der Waals surface area contributed by atoms with Crippen molar-refractivity contribution in [3.63, 3.8) is 0 Å². The SMILES string of the molecule is O=C(CC1CCC1)C1=COCC1. The highest BCUT2D eigenvalue weighted by molar-refractivity contribution is 5.95. The van der Waals surface area contributed by atoms with Gasteiger partial charge in [0.2, 0.25) is 0 Å². The molecule has 1 fully saturated rings. The van der Waals surface area contributed by atoms with Gasteiger partial charge < -0.3 is 4.74 Å². The fourth-order valence-corrected chi connectivity index (χ4v) is 1.68. The van der Waals surface area contributed by atoms with Gasteiger partial charge in [-0.05, 0) is 5.92 Å². The van der Waals surface area contributed by atoms with Crippen LogP contribution in [-0.2, 0) is 9.53 Å². The minimum Gasteiger partial charge on any atom is -0.500 e. The number of ether oxygens (including phenoxy) is 1. The normalized spacial score (nSPS) is 22.8. The predicted molar refractivity (Wildman–Crippen MR) is 45.6 cm³/mol. The van der Waals surface area contributed by atoms with Crippen LogP contribution < -0.4 is 0 Å². The third-order valence-corrected chi connectivity index (χ3v) is 2.77. The molecule has 2 rings (SSSR count). The Morgan fingerprint density at radius 1 is 1.58 bits per heavy atom. The lowest BCUT2D eigenvalue weighted by molar-refractivity contribution is -0.117. The molecule has 0 aromatic carbocycles. The summed E-state index contributed by atoms with van der Waals surface area (Å²) >= 11 is 0. The average molecular weight is 166 g/mol. The largest absolute Gasteiger partial charge is 0.500 e. The summed E-state index contributed by atoms with van der Waals surface area (Å²) in [5.41, 5.74) is 0.905. The molecular weight excluding hydrogens is 152 g/mol. The Kier molecular flexibility index (Phi) is 2.15. The van der Waals surface area contributed by atoms with Gasteiger partial charge >= 0.3 is 0 Å². The molecule has 0 radical (unpaired) electrons. The van der Waals surface area contributed by atoms with Crippen LogP contribution in [-0.4, -0.2) is 12.4 Å². The molecule has 0 amide bonds. The van der Waals surface area contributed by atoms with E-state index in [1.807, 2.05) is 0 Å². The van der Waals surface area contributed by atoms with E-state index < -0.39 is 0 Å². The second-order valence-corrected chi connectivity index (χ2v) is 3.69. The molecule has 0 spiro atoms. The summed E-state index contributed by atoms with van der Waals surface area (Å²) in [6.07, 6.45) is 7.04. The maximum absolute atomic E-state index is 11.5. The summed E-state index contributed by atoms with van der Waals surface area (Å²) in [5.74, 6) is 0.996. The van der Waals surface area contributed by atoms with E-state index in [9.17, 15) is 4.79 Å². The van der Waals surface area contributed by atoms with E-state index in [4.69, 9.17) is 4.74 Å². The lowest BCUT2D eigenvalue weighted by Crippen LogP contribution is -2.16. The quantitative estimate of drug-likeness (QED) is 0.641. The van der Waals surface area contributed by atoms with Crippen molar-refractivity contribution in [1.29, 1.82) is 0 Å².